The van der Waals surface area contributed by atoms with Gasteiger partial charge in [0.1, 0.15) is 23.9 Å². The Morgan fingerprint density at radius 2 is 1.60 bits per heavy atom. The van der Waals surface area contributed by atoms with E-state index < -0.39 is 88.3 Å². The molecule has 45 heavy (non-hydrogen) atoms. The summed E-state index contributed by atoms with van der Waals surface area (Å²) in [7, 11) is 0. The summed E-state index contributed by atoms with van der Waals surface area (Å²) < 4.78 is 38.2. The van der Waals surface area contributed by atoms with Crippen LogP contribution in [-0.2, 0) is 38.0 Å². The van der Waals surface area contributed by atoms with Gasteiger partial charge in [-0.2, -0.15) is 0 Å². The van der Waals surface area contributed by atoms with Crippen LogP contribution in [0.4, 0.5) is 0 Å². The third-order valence-corrected chi connectivity index (χ3v) is 11.2. The molecule has 0 amide bonds. The molecule has 1 aromatic rings. The first-order valence-electron chi connectivity index (χ1n) is 15.6. The molecule has 0 unspecified atom stereocenters. The van der Waals surface area contributed by atoms with Gasteiger partial charge < -0.3 is 38.6 Å². The lowest BCUT2D eigenvalue weighted by Crippen LogP contribution is -2.84. The highest BCUT2D eigenvalue weighted by atomic mass is 16.7. The Morgan fingerprint density at radius 3 is 2.18 bits per heavy atom. The third-order valence-electron chi connectivity index (χ3n) is 11.2. The van der Waals surface area contributed by atoms with Crippen molar-refractivity contribution in [3.8, 4) is 0 Å². The van der Waals surface area contributed by atoms with Crippen LogP contribution in [0.3, 0.4) is 0 Å². The predicted molar refractivity (Wildman–Crippen MR) is 158 cm³/mol. The van der Waals surface area contributed by atoms with Gasteiger partial charge in [-0.15, -0.1) is 0 Å². The van der Waals surface area contributed by atoms with E-state index in [1.807, 2.05) is 6.92 Å². The molecule has 0 radical (unpaired) electrons. The second-order valence-electron chi connectivity index (χ2n) is 14.6. The number of benzene rings is 1. The Morgan fingerprint density at radius 1 is 0.933 bits per heavy atom. The van der Waals surface area contributed by atoms with Crippen molar-refractivity contribution < 1.29 is 53.0 Å². The Bertz CT molecular complexity index is 1430. The van der Waals surface area contributed by atoms with E-state index >= 15 is 0 Å². The molecule has 1 aromatic carbocycles. The third kappa shape index (κ3) is 4.52. The maximum atomic E-state index is 14.0. The first kappa shape index (κ1) is 32.1. The fraction of sp³-hybridized carbons (Fsp3) is 0.676. The van der Waals surface area contributed by atoms with Crippen LogP contribution in [0.5, 0.6) is 0 Å². The van der Waals surface area contributed by atoms with Crippen molar-refractivity contribution in [1.82, 2.24) is 0 Å². The molecular formula is C34H44O11. The average Bonchev–Trinajstić information content (AvgIpc) is 2.93. The van der Waals surface area contributed by atoms with Crippen molar-refractivity contribution in [2.45, 2.75) is 122 Å². The summed E-state index contributed by atoms with van der Waals surface area (Å²) in [6.07, 6.45) is -5.74. The van der Waals surface area contributed by atoms with Gasteiger partial charge in [-0.3, -0.25) is 9.59 Å². The van der Waals surface area contributed by atoms with Gasteiger partial charge in [-0.1, -0.05) is 39.0 Å². The van der Waals surface area contributed by atoms with Crippen molar-refractivity contribution in [1.29, 1.82) is 0 Å². The summed E-state index contributed by atoms with van der Waals surface area (Å²) in [5.41, 5.74) is -4.49. The van der Waals surface area contributed by atoms with E-state index in [9.17, 15) is 24.6 Å². The van der Waals surface area contributed by atoms with E-state index in [1.165, 1.54) is 13.8 Å². The van der Waals surface area contributed by atoms with Crippen LogP contribution < -0.4 is 0 Å². The largest absolute Gasteiger partial charge is 0.455 e. The van der Waals surface area contributed by atoms with Gasteiger partial charge in [0, 0.05) is 37.5 Å². The number of hydrogen-bond donors (Lipinski definition) is 2. The topological polar surface area (TPSA) is 147 Å². The van der Waals surface area contributed by atoms with Crippen LogP contribution in [-0.4, -0.2) is 88.3 Å². The molecule has 2 saturated carbocycles. The Hall–Kier alpha value is -2.83. The molecule has 6 rings (SSSR count). The van der Waals surface area contributed by atoms with Crippen LogP contribution in [0.2, 0.25) is 0 Å². The first-order valence-corrected chi connectivity index (χ1v) is 15.6. The summed E-state index contributed by atoms with van der Waals surface area (Å²) in [4.78, 5) is 39.6. The van der Waals surface area contributed by atoms with Crippen molar-refractivity contribution in [2.75, 3.05) is 6.61 Å². The fourth-order valence-corrected chi connectivity index (χ4v) is 9.14. The summed E-state index contributed by atoms with van der Waals surface area (Å²) in [5, 5.41) is 24.7. The number of ether oxygens (including phenoxy) is 6. The number of carbonyl (C=O) groups excluding carboxylic acids is 3. The van der Waals surface area contributed by atoms with Crippen LogP contribution in [0.1, 0.15) is 78.6 Å². The summed E-state index contributed by atoms with van der Waals surface area (Å²) in [6.45, 7) is 13.3. The number of hydrogen-bond acceptors (Lipinski definition) is 11. The van der Waals surface area contributed by atoms with Gasteiger partial charge in [0.25, 0.3) is 0 Å². The minimum atomic E-state index is -1.95. The second kappa shape index (κ2) is 10.3. The van der Waals surface area contributed by atoms with Crippen LogP contribution >= 0.6 is 0 Å². The first-order chi connectivity index (χ1) is 20.9. The highest BCUT2D eigenvalue weighted by Crippen LogP contribution is 2.67. The fourth-order valence-electron chi connectivity index (χ4n) is 9.14. The zero-order chi connectivity index (χ0) is 32.9. The minimum absolute atomic E-state index is 0.0290. The van der Waals surface area contributed by atoms with Gasteiger partial charge in [0.15, 0.2) is 17.5 Å². The average molecular weight is 629 g/mol. The van der Waals surface area contributed by atoms with Gasteiger partial charge in [-0.25, -0.2) is 4.79 Å². The summed E-state index contributed by atoms with van der Waals surface area (Å²) >= 11 is 0. The van der Waals surface area contributed by atoms with Crippen LogP contribution in [0, 0.1) is 16.7 Å². The molecule has 2 bridgehead atoms. The molecular weight excluding hydrogens is 584 g/mol. The molecule has 0 spiro atoms. The Labute approximate surface area is 263 Å². The van der Waals surface area contributed by atoms with E-state index in [0.717, 1.165) is 0 Å². The molecule has 10 atom stereocenters. The Balaban J connectivity index is 1.68. The summed E-state index contributed by atoms with van der Waals surface area (Å²) in [5.74, 6) is -3.99. The number of aliphatic hydroxyl groups excluding tert-OH is 1. The normalized spacial score (nSPS) is 42.5. The van der Waals surface area contributed by atoms with Gasteiger partial charge in [0.2, 0.25) is 0 Å². The van der Waals surface area contributed by atoms with Gasteiger partial charge in [0.05, 0.1) is 30.3 Å². The van der Waals surface area contributed by atoms with Crippen molar-refractivity contribution >= 4 is 17.9 Å². The number of aliphatic hydroxyl groups is 2. The molecule has 4 fully saturated rings. The van der Waals surface area contributed by atoms with E-state index in [-0.39, 0.29) is 18.6 Å². The second-order valence-corrected chi connectivity index (χ2v) is 14.6. The lowest BCUT2D eigenvalue weighted by Gasteiger charge is -2.71. The maximum absolute atomic E-state index is 14.0. The molecule has 11 heteroatoms. The van der Waals surface area contributed by atoms with Crippen molar-refractivity contribution in [3.05, 3.63) is 47.0 Å². The number of fused-ring (bicyclic) bond motifs is 4. The number of rotatable bonds is 4. The van der Waals surface area contributed by atoms with E-state index in [2.05, 4.69) is 0 Å². The Kier molecular flexibility index (Phi) is 7.38. The standard InChI is InChI=1S/C34H44O11/c1-17-21(37)15-34(39)28(42-29(38)20-12-10-9-11-13-20)26-32(8)22(14-23-33(26,16-40-23)43-19(3)36)44-31(6,7)45-27(32)25(41-18(2)35)24(17)30(34,4)5/h9-13,21-23,25-28,37,39H,14-16H2,1-8H3/t21-,22-,23+,25+,26-,27+,28-,32+,33-,34+/m0/s1. The lowest BCUT2D eigenvalue weighted by molar-refractivity contribution is -0.430. The van der Waals surface area contributed by atoms with E-state index in [1.54, 1.807) is 65.0 Å². The van der Waals surface area contributed by atoms with Crippen LogP contribution in [0.25, 0.3) is 0 Å². The SMILES string of the molecule is CC(=O)O[C@@H]1C2=C(C)[C@@H](O)C[C@@](O)([C@@H](OC(=O)c3ccccc3)[C@@H]3[C@]4(OC(C)=O)CO[C@@H]4C[C@@H]4OC(C)(C)O[C@H]1[C@]43C)C2(C)C. The maximum Gasteiger partial charge on any atom is 0.338 e. The zero-order valence-corrected chi connectivity index (χ0v) is 27.1. The molecule has 2 N–H and O–H groups in total. The highest BCUT2D eigenvalue weighted by Gasteiger charge is 2.80. The van der Waals surface area contributed by atoms with Crippen molar-refractivity contribution in [2.24, 2.45) is 16.7 Å². The summed E-state index contributed by atoms with van der Waals surface area (Å²) in [6, 6.07) is 8.42. The molecule has 2 heterocycles. The van der Waals surface area contributed by atoms with E-state index in [4.69, 9.17) is 28.4 Å². The number of carbonyl (C=O) groups is 3. The zero-order valence-electron chi connectivity index (χ0n) is 27.1. The molecule has 5 aliphatic rings. The van der Waals surface area contributed by atoms with Gasteiger partial charge >= 0.3 is 17.9 Å². The lowest BCUT2D eigenvalue weighted by atomic mass is 9.44. The smallest absolute Gasteiger partial charge is 0.338 e. The number of esters is 3. The molecule has 2 saturated heterocycles. The van der Waals surface area contributed by atoms with Crippen LogP contribution in [0.15, 0.2) is 41.5 Å². The van der Waals surface area contributed by atoms with Gasteiger partial charge in [-0.05, 0) is 44.1 Å². The quantitative estimate of drug-likeness (QED) is 0.288. The molecule has 2 aliphatic heterocycles. The van der Waals surface area contributed by atoms with Crippen molar-refractivity contribution in [3.63, 3.8) is 0 Å². The minimum Gasteiger partial charge on any atom is -0.455 e. The molecule has 0 aromatic heterocycles. The molecule has 11 nitrogen and oxygen atoms in total. The highest BCUT2D eigenvalue weighted by molar-refractivity contribution is 5.89. The predicted octanol–water partition coefficient (Wildman–Crippen LogP) is 3.24. The monoisotopic (exact) mass is 628 g/mol. The van der Waals surface area contributed by atoms with E-state index in [0.29, 0.717) is 17.6 Å². The molecule has 3 aliphatic carbocycles. The molecule has 246 valence electrons.